The summed E-state index contributed by atoms with van der Waals surface area (Å²) in [4.78, 5) is 15.7. The molecule has 1 amide bonds. The number of hydrogen-bond donors (Lipinski definition) is 1. The van der Waals surface area contributed by atoms with Crippen molar-refractivity contribution in [3.05, 3.63) is 65.1 Å². The van der Waals surface area contributed by atoms with E-state index >= 15 is 0 Å². The van der Waals surface area contributed by atoms with E-state index in [2.05, 4.69) is 4.99 Å². The minimum atomic E-state index is -0.290. The van der Waals surface area contributed by atoms with Gasteiger partial charge in [0, 0.05) is 0 Å². The first-order valence-electron chi connectivity index (χ1n) is 6.32. The molecule has 1 aliphatic heterocycles. The van der Waals surface area contributed by atoms with E-state index in [1.807, 2.05) is 54.6 Å². The molecule has 0 fully saturated rings. The van der Waals surface area contributed by atoms with Crippen molar-refractivity contribution in [2.45, 2.75) is 0 Å². The summed E-state index contributed by atoms with van der Waals surface area (Å²) in [5.41, 5.74) is 6.41. The Hall–Kier alpha value is -2.53. The highest BCUT2D eigenvalue weighted by atomic mass is 32.2. The number of ether oxygens (including phenoxy) is 1. The summed E-state index contributed by atoms with van der Waals surface area (Å²) in [5, 5.41) is 0.287. The van der Waals surface area contributed by atoms with E-state index < -0.39 is 0 Å². The number of amides is 1. The number of thioether (sulfide) groups is 1. The van der Waals surface area contributed by atoms with Crippen LogP contribution < -0.4 is 10.5 Å². The maximum absolute atomic E-state index is 11.5. The van der Waals surface area contributed by atoms with Crippen molar-refractivity contribution < 1.29 is 9.53 Å². The second kappa shape index (κ2) is 5.85. The standard InChI is InChI=1S/C16H12N2O2S/c17-16-18-15(19)14(21-16)10-11-6-8-13(9-7-11)20-12-4-2-1-3-5-12/h1-10H,(H2,17,18,19)/b14-10+. The van der Waals surface area contributed by atoms with Gasteiger partial charge in [-0.15, -0.1) is 0 Å². The van der Waals surface area contributed by atoms with Gasteiger partial charge in [-0.25, -0.2) is 0 Å². The lowest BCUT2D eigenvalue weighted by Crippen LogP contribution is -2.01. The summed E-state index contributed by atoms with van der Waals surface area (Å²) in [6.45, 7) is 0. The number of benzene rings is 2. The normalized spacial score (nSPS) is 16.1. The van der Waals surface area contributed by atoms with E-state index in [-0.39, 0.29) is 11.1 Å². The molecule has 21 heavy (non-hydrogen) atoms. The fourth-order valence-corrected chi connectivity index (χ4v) is 2.52. The van der Waals surface area contributed by atoms with Crippen molar-refractivity contribution in [3.8, 4) is 11.5 Å². The van der Waals surface area contributed by atoms with Gasteiger partial charge in [-0.2, -0.15) is 4.99 Å². The fraction of sp³-hybridized carbons (Fsp3) is 0. The predicted octanol–water partition coefficient (Wildman–Crippen LogP) is 3.41. The largest absolute Gasteiger partial charge is 0.457 e. The zero-order valence-corrected chi connectivity index (χ0v) is 11.8. The molecule has 2 aromatic carbocycles. The quantitative estimate of drug-likeness (QED) is 0.882. The molecule has 5 heteroatoms. The summed E-state index contributed by atoms with van der Waals surface area (Å²) in [6, 6.07) is 17.0. The predicted molar refractivity (Wildman–Crippen MR) is 85.2 cm³/mol. The lowest BCUT2D eigenvalue weighted by molar-refractivity contribution is -0.113. The van der Waals surface area contributed by atoms with Crippen LogP contribution in [0.1, 0.15) is 5.56 Å². The van der Waals surface area contributed by atoms with Crippen molar-refractivity contribution in [1.82, 2.24) is 0 Å². The summed E-state index contributed by atoms with van der Waals surface area (Å²) in [5.74, 6) is 1.23. The Balaban J connectivity index is 1.73. The van der Waals surface area contributed by atoms with Crippen LogP contribution in [0.3, 0.4) is 0 Å². The monoisotopic (exact) mass is 296 g/mol. The number of nitrogens with two attached hydrogens (primary N) is 1. The van der Waals surface area contributed by atoms with Crippen molar-refractivity contribution >= 4 is 28.9 Å². The number of para-hydroxylation sites is 1. The number of nitrogens with zero attached hydrogens (tertiary/aromatic N) is 1. The second-order valence-corrected chi connectivity index (χ2v) is 5.41. The van der Waals surface area contributed by atoms with Gasteiger partial charge in [-0.05, 0) is 47.7 Å². The molecule has 0 bridgehead atoms. The van der Waals surface area contributed by atoms with Gasteiger partial charge in [0.2, 0.25) is 0 Å². The molecule has 0 spiro atoms. The Labute approximate surface area is 126 Å². The molecule has 0 saturated heterocycles. The lowest BCUT2D eigenvalue weighted by Gasteiger charge is -2.05. The van der Waals surface area contributed by atoms with E-state index in [4.69, 9.17) is 10.5 Å². The van der Waals surface area contributed by atoms with E-state index in [0.29, 0.717) is 4.91 Å². The summed E-state index contributed by atoms with van der Waals surface area (Å²) in [6.07, 6.45) is 1.77. The van der Waals surface area contributed by atoms with Crippen LogP contribution in [0.15, 0.2) is 64.5 Å². The van der Waals surface area contributed by atoms with Crippen molar-refractivity contribution in [2.75, 3.05) is 0 Å². The Morgan fingerprint density at radius 3 is 2.29 bits per heavy atom. The highest BCUT2D eigenvalue weighted by Gasteiger charge is 2.19. The van der Waals surface area contributed by atoms with Crippen molar-refractivity contribution in [1.29, 1.82) is 0 Å². The van der Waals surface area contributed by atoms with Crippen molar-refractivity contribution in [2.24, 2.45) is 10.7 Å². The van der Waals surface area contributed by atoms with Gasteiger partial charge in [0.15, 0.2) is 5.17 Å². The highest BCUT2D eigenvalue weighted by molar-refractivity contribution is 8.18. The van der Waals surface area contributed by atoms with Crippen LogP contribution >= 0.6 is 11.8 Å². The minimum Gasteiger partial charge on any atom is -0.457 e. The molecule has 2 aromatic rings. The van der Waals surface area contributed by atoms with Crippen LogP contribution in [0.4, 0.5) is 0 Å². The number of aliphatic imine (C=N–C) groups is 1. The Morgan fingerprint density at radius 2 is 1.67 bits per heavy atom. The molecule has 2 N–H and O–H groups in total. The topological polar surface area (TPSA) is 64.7 Å². The highest BCUT2D eigenvalue weighted by Crippen LogP contribution is 2.27. The van der Waals surface area contributed by atoms with Gasteiger partial charge in [-0.1, -0.05) is 30.3 Å². The molecule has 3 rings (SSSR count). The third kappa shape index (κ3) is 3.32. The first-order chi connectivity index (χ1) is 10.2. The van der Waals surface area contributed by atoms with Crippen LogP contribution in [0.5, 0.6) is 11.5 Å². The molecule has 0 radical (unpaired) electrons. The van der Waals surface area contributed by atoms with Gasteiger partial charge in [0.25, 0.3) is 5.91 Å². The molecule has 1 aliphatic rings. The molecule has 0 aromatic heterocycles. The molecule has 1 heterocycles. The van der Waals surface area contributed by atoms with Crippen LogP contribution in [0.25, 0.3) is 6.08 Å². The smallest absolute Gasteiger partial charge is 0.286 e. The molecule has 0 atom stereocenters. The first-order valence-corrected chi connectivity index (χ1v) is 7.13. The number of amidine groups is 1. The van der Waals surface area contributed by atoms with Crippen LogP contribution in [-0.4, -0.2) is 11.1 Å². The second-order valence-electron chi connectivity index (χ2n) is 4.35. The SMILES string of the molecule is NC1=NC(=O)/C(=C\c2ccc(Oc3ccccc3)cc2)S1. The van der Waals surface area contributed by atoms with Gasteiger partial charge in [0.05, 0.1) is 4.91 Å². The first kappa shape index (κ1) is 13.5. The molecular weight excluding hydrogens is 284 g/mol. The van der Waals surface area contributed by atoms with Crippen LogP contribution in [-0.2, 0) is 4.79 Å². The number of carbonyl (C=O) groups excluding carboxylic acids is 1. The minimum absolute atomic E-state index is 0.287. The molecule has 0 unspecified atom stereocenters. The Kier molecular flexibility index (Phi) is 3.75. The Morgan fingerprint density at radius 1 is 1.00 bits per heavy atom. The van der Waals surface area contributed by atoms with Gasteiger partial charge in [-0.3, -0.25) is 4.79 Å². The number of carbonyl (C=O) groups is 1. The van der Waals surface area contributed by atoms with Gasteiger partial charge >= 0.3 is 0 Å². The number of hydrogen-bond acceptors (Lipinski definition) is 4. The van der Waals surface area contributed by atoms with Crippen LogP contribution in [0, 0.1) is 0 Å². The number of rotatable bonds is 3. The van der Waals surface area contributed by atoms with E-state index in [9.17, 15) is 4.79 Å². The molecular formula is C16H12N2O2S. The summed E-state index contributed by atoms with van der Waals surface area (Å²) in [7, 11) is 0. The zero-order valence-electron chi connectivity index (χ0n) is 11.0. The third-order valence-corrected chi connectivity index (χ3v) is 3.61. The molecule has 0 saturated carbocycles. The fourth-order valence-electron chi connectivity index (χ4n) is 1.83. The zero-order chi connectivity index (χ0) is 14.7. The summed E-state index contributed by atoms with van der Waals surface area (Å²) >= 11 is 1.18. The average Bonchev–Trinajstić information content (AvgIpc) is 2.80. The van der Waals surface area contributed by atoms with E-state index in [0.717, 1.165) is 17.1 Å². The van der Waals surface area contributed by atoms with Gasteiger partial charge < -0.3 is 10.5 Å². The third-order valence-electron chi connectivity index (χ3n) is 2.79. The summed E-state index contributed by atoms with van der Waals surface area (Å²) < 4.78 is 5.71. The lowest BCUT2D eigenvalue weighted by atomic mass is 10.2. The van der Waals surface area contributed by atoms with Crippen molar-refractivity contribution in [3.63, 3.8) is 0 Å². The van der Waals surface area contributed by atoms with Gasteiger partial charge in [0.1, 0.15) is 11.5 Å². The molecule has 0 aliphatic carbocycles. The maximum Gasteiger partial charge on any atom is 0.286 e. The van der Waals surface area contributed by atoms with Crippen LogP contribution in [0.2, 0.25) is 0 Å². The molecule has 104 valence electrons. The maximum atomic E-state index is 11.5. The average molecular weight is 296 g/mol. The van der Waals surface area contributed by atoms with E-state index in [1.165, 1.54) is 11.8 Å². The van der Waals surface area contributed by atoms with E-state index in [1.54, 1.807) is 6.08 Å². The molecule has 4 nitrogen and oxygen atoms in total. The Bertz CT molecular complexity index is 722.